The second-order valence-corrected chi connectivity index (χ2v) is 3.94. The van der Waals surface area contributed by atoms with Gasteiger partial charge in [0.2, 0.25) is 5.91 Å². The molecule has 14 heavy (non-hydrogen) atoms. The van der Waals surface area contributed by atoms with Gasteiger partial charge < -0.3 is 10.4 Å². The van der Waals surface area contributed by atoms with E-state index in [1.54, 1.807) is 37.0 Å². The number of phenolic OH excluding ortho intramolecular Hbond substituents is 1. The zero-order chi connectivity index (χ0) is 10.4. The van der Waals surface area contributed by atoms with Crippen molar-refractivity contribution in [1.29, 1.82) is 0 Å². The van der Waals surface area contributed by atoms with Crippen molar-refractivity contribution in [3.8, 4) is 5.75 Å². The maximum atomic E-state index is 10.9. The summed E-state index contributed by atoms with van der Waals surface area (Å²) in [5.74, 6) is 1.02. The summed E-state index contributed by atoms with van der Waals surface area (Å²) in [4.78, 5) is 11.9. The number of phenols is 1. The summed E-state index contributed by atoms with van der Waals surface area (Å²) in [5.41, 5.74) is 0. The molecule has 3 nitrogen and oxygen atoms in total. The van der Waals surface area contributed by atoms with Gasteiger partial charge in [0.15, 0.2) is 0 Å². The molecule has 0 saturated carbocycles. The fourth-order valence-electron chi connectivity index (χ4n) is 0.960. The Kier molecular flexibility index (Phi) is 4.32. The van der Waals surface area contributed by atoms with Crippen LogP contribution in [-0.2, 0) is 4.79 Å². The number of amides is 1. The topological polar surface area (TPSA) is 49.3 Å². The first kappa shape index (κ1) is 10.9. The van der Waals surface area contributed by atoms with Crippen molar-refractivity contribution in [2.45, 2.75) is 11.3 Å². The number of carbonyl (C=O) groups excluding carboxylic acids is 1. The molecular formula is C10H13NO2S. The van der Waals surface area contributed by atoms with E-state index in [-0.39, 0.29) is 11.7 Å². The molecule has 1 amide bonds. The highest BCUT2D eigenvalue weighted by Crippen LogP contribution is 2.22. The van der Waals surface area contributed by atoms with Crippen molar-refractivity contribution >= 4 is 17.7 Å². The predicted molar refractivity (Wildman–Crippen MR) is 57.5 cm³/mol. The molecule has 0 aromatic heterocycles. The summed E-state index contributed by atoms with van der Waals surface area (Å²) in [6.45, 7) is 0. The summed E-state index contributed by atoms with van der Waals surface area (Å²) in [7, 11) is 1.63. The Labute approximate surface area is 87.5 Å². The minimum absolute atomic E-state index is 0.0395. The summed E-state index contributed by atoms with van der Waals surface area (Å²) < 4.78 is 0. The van der Waals surface area contributed by atoms with Gasteiger partial charge in [-0.3, -0.25) is 4.79 Å². The molecule has 0 fully saturated rings. The number of thioether (sulfide) groups is 1. The van der Waals surface area contributed by atoms with Crippen LogP contribution in [0.4, 0.5) is 0 Å². The molecule has 0 aliphatic carbocycles. The van der Waals surface area contributed by atoms with Gasteiger partial charge in [-0.05, 0) is 18.2 Å². The normalized spacial score (nSPS) is 9.79. The van der Waals surface area contributed by atoms with Crippen LogP contribution in [0, 0.1) is 0 Å². The van der Waals surface area contributed by atoms with Gasteiger partial charge in [0, 0.05) is 24.1 Å². The largest absolute Gasteiger partial charge is 0.508 e. The summed E-state index contributed by atoms with van der Waals surface area (Å²) in [6, 6.07) is 7.02. The molecular weight excluding hydrogens is 198 g/mol. The number of rotatable bonds is 4. The quantitative estimate of drug-likeness (QED) is 0.744. The summed E-state index contributed by atoms with van der Waals surface area (Å²) >= 11 is 1.56. The van der Waals surface area contributed by atoms with E-state index < -0.39 is 0 Å². The molecule has 0 atom stereocenters. The SMILES string of the molecule is CNC(=O)CCSc1cccc(O)c1. The third-order valence-electron chi connectivity index (χ3n) is 1.69. The highest BCUT2D eigenvalue weighted by atomic mass is 32.2. The lowest BCUT2D eigenvalue weighted by Crippen LogP contribution is -2.17. The zero-order valence-corrected chi connectivity index (χ0v) is 8.80. The van der Waals surface area contributed by atoms with Crippen LogP contribution < -0.4 is 5.32 Å². The Balaban J connectivity index is 2.35. The fraction of sp³-hybridized carbons (Fsp3) is 0.300. The van der Waals surface area contributed by atoms with Crippen molar-refractivity contribution in [3.05, 3.63) is 24.3 Å². The van der Waals surface area contributed by atoms with Crippen molar-refractivity contribution in [2.75, 3.05) is 12.8 Å². The number of nitrogens with one attached hydrogen (secondary N) is 1. The molecule has 4 heteroatoms. The highest BCUT2D eigenvalue weighted by molar-refractivity contribution is 7.99. The molecule has 0 bridgehead atoms. The van der Waals surface area contributed by atoms with Crippen LogP contribution in [0.25, 0.3) is 0 Å². The predicted octanol–water partition coefficient (Wildman–Crippen LogP) is 1.62. The number of benzene rings is 1. The van der Waals surface area contributed by atoms with Crippen LogP contribution in [0.3, 0.4) is 0 Å². The maximum absolute atomic E-state index is 10.9. The third-order valence-corrected chi connectivity index (χ3v) is 2.69. The Hall–Kier alpha value is -1.16. The average molecular weight is 211 g/mol. The Morgan fingerprint density at radius 3 is 3.00 bits per heavy atom. The van der Waals surface area contributed by atoms with Crippen molar-refractivity contribution in [3.63, 3.8) is 0 Å². The monoisotopic (exact) mass is 211 g/mol. The van der Waals surface area contributed by atoms with Crippen LogP contribution in [-0.4, -0.2) is 23.8 Å². The van der Waals surface area contributed by atoms with Crippen LogP contribution >= 0.6 is 11.8 Å². The molecule has 0 radical (unpaired) electrons. The van der Waals surface area contributed by atoms with Crippen LogP contribution in [0.15, 0.2) is 29.2 Å². The van der Waals surface area contributed by atoms with Gasteiger partial charge in [-0.1, -0.05) is 6.07 Å². The van der Waals surface area contributed by atoms with Gasteiger partial charge in [0.25, 0.3) is 0 Å². The number of hydrogen-bond donors (Lipinski definition) is 2. The standard InChI is InChI=1S/C10H13NO2S/c1-11-10(13)5-6-14-9-4-2-3-8(12)7-9/h2-4,7,12H,5-6H2,1H3,(H,11,13). The summed E-state index contributed by atoms with van der Waals surface area (Å²) in [6.07, 6.45) is 0.497. The van der Waals surface area contributed by atoms with Gasteiger partial charge >= 0.3 is 0 Å². The molecule has 0 aliphatic heterocycles. The van der Waals surface area contributed by atoms with Crippen molar-refractivity contribution < 1.29 is 9.90 Å². The van der Waals surface area contributed by atoms with Crippen molar-refractivity contribution in [2.24, 2.45) is 0 Å². The Morgan fingerprint density at radius 1 is 1.57 bits per heavy atom. The second kappa shape index (κ2) is 5.54. The average Bonchev–Trinajstić information content (AvgIpc) is 2.17. The van der Waals surface area contributed by atoms with E-state index in [9.17, 15) is 9.90 Å². The minimum atomic E-state index is 0.0395. The first-order valence-corrected chi connectivity index (χ1v) is 5.33. The zero-order valence-electron chi connectivity index (χ0n) is 7.99. The van der Waals surface area contributed by atoms with Gasteiger partial charge in [-0.2, -0.15) is 0 Å². The van der Waals surface area contributed by atoms with Crippen LogP contribution in [0.2, 0.25) is 0 Å². The molecule has 76 valence electrons. The lowest BCUT2D eigenvalue weighted by atomic mass is 10.3. The van der Waals surface area contributed by atoms with E-state index in [2.05, 4.69) is 5.32 Å². The fourth-order valence-corrected chi connectivity index (χ4v) is 1.86. The Bertz CT molecular complexity index is 315. The minimum Gasteiger partial charge on any atom is -0.508 e. The number of aromatic hydroxyl groups is 1. The molecule has 0 spiro atoms. The van der Waals surface area contributed by atoms with E-state index in [1.807, 2.05) is 6.07 Å². The lowest BCUT2D eigenvalue weighted by molar-refractivity contribution is -0.120. The van der Waals surface area contributed by atoms with Gasteiger partial charge in [0.05, 0.1) is 0 Å². The molecule has 0 saturated heterocycles. The van der Waals surface area contributed by atoms with Gasteiger partial charge in [0.1, 0.15) is 5.75 Å². The molecule has 0 unspecified atom stereocenters. The lowest BCUT2D eigenvalue weighted by Gasteiger charge is -2.01. The van der Waals surface area contributed by atoms with E-state index >= 15 is 0 Å². The summed E-state index contributed by atoms with van der Waals surface area (Å²) in [5, 5.41) is 11.7. The van der Waals surface area contributed by atoms with E-state index in [0.29, 0.717) is 6.42 Å². The smallest absolute Gasteiger partial charge is 0.220 e. The van der Waals surface area contributed by atoms with Crippen LogP contribution in [0.1, 0.15) is 6.42 Å². The molecule has 1 rings (SSSR count). The molecule has 0 heterocycles. The second-order valence-electron chi connectivity index (χ2n) is 2.77. The highest BCUT2D eigenvalue weighted by Gasteiger charge is 1.99. The first-order chi connectivity index (χ1) is 6.72. The number of carbonyl (C=O) groups is 1. The molecule has 1 aromatic carbocycles. The van der Waals surface area contributed by atoms with E-state index in [1.165, 1.54) is 0 Å². The van der Waals surface area contributed by atoms with Crippen LogP contribution in [0.5, 0.6) is 5.75 Å². The van der Waals surface area contributed by atoms with Gasteiger partial charge in [-0.15, -0.1) is 11.8 Å². The molecule has 2 N–H and O–H groups in total. The first-order valence-electron chi connectivity index (χ1n) is 4.35. The van der Waals surface area contributed by atoms with E-state index in [4.69, 9.17) is 0 Å². The molecule has 0 aliphatic rings. The number of hydrogen-bond acceptors (Lipinski definition) is 3. The van der Waals surface area contributed by atoms with E-state index in [0.717, 1.165) is 10.6 Å². The Morgan fingerprint density at radius 2 is 2.36 bits per heavy atom. The third kappa shape index (κ3) is 3.70. The maximum Gasteiger partial charge on any atom is 0.220 e. The molecule has 1 aromatic rings. The van der Waals surface area contributed by atoms with Gasteiger partial charge in [-0.25, -0.2) is 0 Å². The van der Waals surface area contributed by atoms with Crippen molar-refractivity contribution in [1.82, 2.24) is 5.32 Å².